The van der Waals surface area contributed by atoms with Gasteiger partial charge in [-0.3, -0.25) is 14.6 Å². The molecule has 0 spiro atoms. The molecule has 2 aromatic carbocycles. The van der Waals surface area contributed by atoms with Crippen molar-refractivity contribution >= 4 is 17.5 Å². The third-order valence-corrected chi connectivity index (χ3v) is 6.14. The molecular formula is C27H26N4O2. The van der Waals surface area contributed by atoms with Crippen molar-refractivity contribution in [1.29, 1.82) is 5.26 Å². The lowest BCUT2D eigenvalue weighted by Crippen LogP contribution is -2.38. The number of likely N-dealkylation sites (tertiary alicyclic amines) is 1. The summed E-state index contributed by atoms with van der Waals surface area (Å²) >= 11 is 0. The summed E-state index contributed by atoms with van der Waals surface area (Å²) in [5.74, 6) is 0.233. The zero-order valence-corrected chi connectivity index (χ0v) is 18.6. The van der Waals surface area contributed by atoms with Crippen LogP contribution in [0.5, 0.6) is 0 Å². The number of amides is 2. The van der Waals surface area contributed by atoms with Gasteiger partial charge in [-0.2, -0.15) is 5.26 Å². The number of carbonyl (C=O) groups is 2. The second-order valence-corrected chi connectivity index (χ2v) is 8.42. The van der Waals surface area contributed by atoms with Crippen LogP contribution in [-0.4, -0.2) is 34.8 Å². The van der Waals surface area contributed by atoms with Gasteiger partial charge in [0.25, 0.3) is 5.91 Å². The highest BCUT2D eigenvalue weighted by Crippen LogP contribution is 2.29. The molecule has 1 aliphatic heterocycles. The number of nitrogens with zero attached hydrogens (tertiary/aromatic N) is 3. The van der Waals surface area contributed by atoms with Gasteiger partial charge in [0.15, 0.2) is 0 Å². The average Bonchev–Trinajstić information content (AvgIpc) is 2.86. The average molecular weight is 439 g/mol. The van der Waals surface area contributed by atoms with Crippen molar-refractivity contribution in [2.45, 2.75) is 32.1 Å². The summed E-state index contributed by atoms with van der Waals surface area (Å²) in [6, 6.07) is 19.0. The number of aromatic nitrogens is 1. The molecule has 4 rings (SSSR count). The Bertz CT molecular complexity index is 1170. The monoisotopic (exact) mass is 438 g/mol. The number of hydrogen-bond acceptors (Lipinski definition) is 4. The number of nitriles is 1. The van der Waals surface area contributed by atoms with E-state index in [1.165, 1.54) is 5.56 Å². The molecule has 1 aliphatic rings. The first kappa shape index (κ1) is 22.2. The minimum atomic E-state index is -0.140. The van der Waals surface area contributed by atoms with Gasteiger partial charge >= 0.3 is 0 Å². The molecule has 2 amide bonds. The van der Waals surface area contributed by atoms with Gasteiger partial charge in [-0.25, -0.2) is 0 Å². The molecule has 0 saturated carbocycles. The molecule has 1 N–H and O–H groups in total. The second-order valence-electron chi connectivity index (χ2n) is 8.42. The Balaban J connectivity index is 1.38. The Kier molecular flexibility index (Phi) is 6.80. The van der Waals surface area contributed by atoms with Crippen molar-refractivity contribution in [1.82, 2.24) is 9.88 Å². The molecule has 1 fully saturated rings. The number of carbonyl (C=O) groups excluding carboxylic acids is 2. The molecule has 0 bridgehead atoms. The molecule has 33 heavy (non-hydrogen) atoms. The number of hydrogen-bond donors (Lipinski definition) is 1. The van der Waals surface area contributed by atoms with Gasteiger partial charge in [0, 0.05) is 36.7 Å². The van der Waals surface area contributed by atoms with Crippen molar-refractivity contribution in [3.63, 3.8) is 0 Å². The summed E-state index contributed by atoms with van der Waals surface area (Å²) in [4.78, 5) is 31.5. The van der Waals surface area contributed by atoms with E-state index in [4.69, 9.17) is 5.26 Å². The van der Waals surface area contributed by atoms with Crippen LogP contribution in [0.1, 0.15) is 51.4 Å². The maximum Gasteiger partial charge on any atom is 0.253 e. The number of aryl methyl sites for hydroxylation is 1. The highest BCUT2D eigenvalue weighted by atomic mass is 16.2. The Morgan fingerprint density at radius 2 is 1.88 bits per heavy atom. The van der Waals surface area contributed by atoms with E-state index >= 15 is 0 Å². The Hall–Kier alpha value is -3.98. The van der Waals surface area contributed by atoms with Gasteiger partial charge in [-0.05, 0) is 72.7 Å². The topological polar surface area (TPSA) is 86.1 Å². The summed E-state index contributed by atoms with van der Waals surface area (Å²) in [6.07, 6.45) is 5.35. The molecular weight excluding hydrogens is 412 g/mol. The second kappa shape index (κ2) is 10.1. The predicted molar refractivity (Wildman–Crippen MR) is 127 cm³/mol. The van der Waals surface area contributed by atoms with E-state index in [-0.39, 0.29) is 18.2 Å². The van der Waals surface area contributed by atoms with E-state index in [1.807, 2.05) is 54.3 Å². The summed E-state index contributed by atoms with van der Waals surface area (Å²) in [7, 11) is 0. The number of nitrogens with one attached hydrogen (secondary N) is 1. The van der Waals surface area contributed by atoms with Crippen LogP contribution in [-0.2, 0) is 11.2 Å². The van der Waals surface area contributed by atoms with Gasteiger partial charge < -0.3 is 10.2 Å². The highest BCUT2D eigenvalue weighted by molar-refractivity contribution is 5.98. The summed E-state index contributed by atoms with van der Waals surface area (Å²) in [6.45, 7) is 3.27. The molecule has 0 atom stereocenters. The summed E-state index contributed by atoms with van der Waals surface area (Å²) in [5.41, 5.74) is 4.86. The Morgan fingerprint density at radius 1 is 1.12 bits per heavy atom. The number of benzene rings is 2. The van der Waals surface area contributed by atoms with Gasteiger partial charge in [-0.15, -0.1) is 0 Å². The lowest BCUT2D eigenvalue weighted by atomic mass is 9.89. The lowest BCUT2D eigenvalue weighted by Gasteiger charge is -2.32. The van der Waals surface area contributed by atoms with Crippen LogP contribution in [0.15, 0.2) is 67.0 Å². The van der Waals surface area contributed by atoms with E-state index in [1.54, 1.807) is 24.5 Å². The molecule has 166 valence electrons. The smallest absolute Gasteiger partial charge is 0.253 e. The van der Waals surface area contributed by atoms with Crippen molar-refractivity contribution in [3.8, 4) is 6.07 Å². The van der Waals surface area contributed by atoms with Crippen molar-refractivity contribution in [2.75, 3.05) is 18.4 Å². The van der Waals surface area contributed by atoms with E-state index < -0.39 is 0 Å². The number of rotatable bonds is 5. The molecule has 6 heteroatoms. The van der Waals surface area contributed by atoms with Gasteiger partial charge in [0.1, 0.15) is 0 Å². The quantitative estimate of drug-likeness (QED) is 0.637. The fourth-order valence-electron chi connectivity index (χ4n) is 4.20. The first-order chi connectivity index (χ1) is 16.0. The molecule has 3 aromatic rings. The largest absolute Gasteiger partial charge is 0.339 e. The molecule has 1 aromatic heterocycles. The van der Waals surface area contributed by atoms with Crippen LogP contribution >= 0.6 is 0 Å². The lowest BCUT2D eigenvalue weighted by molar-refractivity contribution is -0.115. The minimum Gasteiger partial charge on any atom is -0.339 e. The van der Waals surface area contributed by atoms with Crippen LogP contribution in [0.25, 0.3) is 0 Å². The minimum absolute atomic E-state index is 0.0176. The first-order valence-corrected chi connectivity index (χ1v) is 11.1. The molecule has 1 saturated heterocycles. The van der Waals surface area contributed by atoms with Crippen molar-refractivity contribution in [3.05, 3.63) is 94.8 Å². The van der Waals surface area contributed by atoms with E-state index in [0.29, 0.717) is 35.8 Å². The third-order valence-electron chi connectivity index (χ3n) is 6.14. The van der Waals surface area contributed by atoms with Gasteiger partial charge in [0.05, 0.1) is 18.1 Å². The maximum atomic E-state index is 13.1. The molecule has 0 radical (unpaired) electrons. The van der Waals surface area contributed by atoms with Gasteiger partial charge in [-0.1, -0.05) is 24.3 Å². The predicted octanol–water partition coefficient (Wildman–Crippen LogP) is 4.46. The maximum absolute atomic E-state index is 13.1. The molecule has 6 nitrogen and oxygen atoms in total. The van der Waals surface area contributed by atoms with Crippen LogP contribution in [0.2, 0.25) is 0 Å². The van der Waals surface area contributed by atoms with Crippen LogP contribution in [0, 0.1) is 18.3 Å². The molecule has 0 unspecified atom stereocenters. The number of piperidine rings is 1. The zero-order chi connectivity index (χ0) is 23.2. The van der Waals surface area contributed by atoms with Crippen LogP contribution in [0.4, 0.5) is 5.69 Å². The normalized spacial score (nSPS) is 13.9. The van der Waals surface area contributed by atoms with Crippen LogP contribution < -0.4 is 5.32 Å². The Morgan fingerprint density at radius 3 is 2.55 bits per heavy atom. The first-order valence-electron chi connectivity index (χ1n) is 11.1. The fraction of sp³-hybridized carbons (Fsp3) is 0.259. The van der Waals surface area contributed by atoms with E-state index in [2.05, 4.69) is 16.4 Å². The number of pyridine rings is 1. The van der Waals surface area contributed by atoms with Crippen molar-refractivity contribution in [2.24, 2.45) is 0 Å². The zero-order valence-electron chi connectivity index (χ0n) is 18.6. The van der Waals surface area contributed by atoms with E-state index in [9.17, 15) is 9.59 Å². The highest BCUT2D eigenvalue weighted by Gasteiger charge is 2.25. The molecule has 0 aliphatic carbocycles. The third kappa shape index (κ3) is 5.45. The standard InChI is InChI=1S/C27H26N4O2/c1-19-4-7-24(16-25(19)30-26(32)15-21-3-2-12-29-18-21)27(33)31-13-10-23(11-14-31)22-8-5-20(17-28)6-9-22/h2-9,12,16,18,23H,10-11,13-15H2,1H3,(H,30,32). The molecule has 2 heterocycles. The van der Waals surface area contributed by atoms with E-state index in [0.717, 1.165) is 24.0 Å². The Labute approximate surface area is 193 Å². The summed E-state index contributed by atoms with van der Waals surface area (Å²) in [5, 5.41) is 11.9. The van der Waals surface area contributed by atoms with Gasteiger partial charge in [0.2, 0.25) is 5.91 Å². The summed E-state index contributed by atoms with van der Waals surface area (Å²) < 4.78 is 0. The number of anilines is 1. The van der Waals surface area contributed by atoms with Crippen molar-refractivity contribution < 1.29 is 9.59 Å². The fourth-order valence-corrected chi connectivity index (χ4v) is 4.20. The van der Waals surface area contributed by atoms with Crippen LogP contribution in [0.3, 0.4) is 0 Å². The SMILES string of the molecule is Cc1ccc(C(=O)N2CCC(c3ccc(C#N)cc3)CC2)cc1NC(=O)Cc1cccnc1.